The average molecular weight is 355 g/mol. The van der Waals surface area contributed by atoms with Crippen molar-refractivity contribution in [1.82, 2.24) is 0 Å². The molecule has 0 bridgehead atoms. The Morgan fingerprint density at radius 1 is 1.08 bits per heavy atom. The number of benzene rings is 2. The van der Waals surface area contributed by atoms with Gasteiger partial charge in [0.25, 0.3) is 5.91 Å². The Kier molecular flexibility index (Phi) is 5.53. The summed E-state index contributed by atoms with van der Waals surface area (Å²) in [6.45, 7) is 2.23. The highest BCUT2D eigenvalue weighted by Crippen LogP contribution is 2.32. The van der Waals surface area contributed by atoms with Crippen LogP contribution in [0.25, 0.3) is 0 Å². The van der Waals surface area contributed by atoms with Gasteiger partial charge in [0.2, 0.25) is 0 Å². The summed E-state index contributed by atoms with van der Waals surface area (Å²) < 4.78 is 16.0. The molecule has 0 aliphatic carbocycles. The minimum atomic E-state index is -0.851. The van der Waals surface area contributed by atoms with Crippen molar-refractivity contribution >= 4 is 17.6 Å². The Bertz CT molecular complexity index is 760. The number of hydrogen-bond donors (Lipinski definition) is 0. The molecule has 26 heavy (non-hydrogen) atoms. The summed E-state index contributed by atoms with van der Waals surface area (Å²) in [4.78, 5) is 26.4. The van der Waals surface area contributed by atoms with Gasteiger partial charge in [0, 0.05) is 5.69 Å². The second-order valence-electron chi connectivity index (χ2n) is 5.82. The molecule has 1 saturated heterocycles. The minimum Gasteiger partial charge on any atom is -0.497 e. The first kappa shape index (κ1) is 17.9. The van der Waals surface area contributed by atoms with Crippen LogP contribution in [0.5, 0.6) is 5.75 Å². The third-order valence-corrected chi connectivity index (χ3v) is 4.20. The van der Waals surface area contributed by atoms with Gasteiger partial charge < -0.3 is 14.2 Å². The van der Waals surface area contributed by atoms with Gasteiger partial charge in [-0.3, -0.25) is 9.69 Å². The Labute approximate surface area is 152 Å². The first-order chi connectivity index (χ1) is 12.7. The van der Waals surface area contributed by atoms with Crippen LogP contribution < -0.4 is 9.64 Å². The van der Waals surface area contributed by atoms with E-state index >= 15 is 0 Å². The topological polar surface area (TPSA) is 65.1 Å². The number of carbonyl (C=O) groups excluding carboxylic acids is 2. The second-order valence-corrected chi connectivity index (χ2v) is 5.82. The molecule has 1 aliphatic rings. The molecule has 1 aliphatic heterocycles. The molecule has 136 valence electrons. The van der Waals surface area contributed by atoms with E-state index in [0.29, 0.717) is 11.4 Å². The van der Waals surface area contributed by atoms with Crippen molar-refractivity contribution in [3.63, 3.8) is 0 Å². The molecule has 1 fully saturated rings. The first-order valence-electron chi connectivity index (χ1n) is 8.45. The van der Waals surface area contributed by atoms with E-state index in [1.165, 1.54) is 4.90 Å². The van der Waals surface area contributed by atoms with Crippen LogP contribution in [-0.4, -0.2) is 37.7 Å². The van der Waals surface area contributed by atoms with Crippen LogP contribution in [0.4, 0.5) is 5.69 Å². The van der Waals surface area contributed by atoms with Gasteiger partial charge in [0.05, 0.1) is 20.3 Å². The fourth-order valence-corrected chi connectivity index (χ4v) is 2.87. The third-order valence-electron chi connectivity index (χ3n) is 4.20. The van der Waals surface area contributed by atoms with Crippen LogP contribution in [0.2, 0.25) is 0 Å². The van der Waals surface area contributed by atoms with Crippen molar-refractivity contribution in [3.8, 4) is 5.75 Å². The minimum absolute atomic E-state index is 0.241. The number of rotatable bonds is 7. The van der Waals surface area contributed by atoms with E-state index in [2.05, 4.69) is 0 Å². The van der Waals surface area contributed by atoms with Crippen LogP contribution in [0.1, 0.15) is 12.5 Å². The van der Waals surface area contributed by atoms with Crippen LogP contribution in [0, 0.1) is 0 Å². The number of β-lactam (4-membered cyclic amide) rings is 1. The lowest BCUT2D eigenvalue weighted by molar-refractivity contribution is -0.162. The van der Waals surface area contributed by atoms with E-state index in [4.69, 9.17) is 14.2 Å². The maximum atomic E-state index is 12.6. The molecule has 2 aromatic carbocycles. The van der Waals surface area contributed by atoms with Gasteiger partial charge in [-0.2, -0.15) is 0 Å². The number of carbonyl (C=O) groups is 2. The highest BCUT2D eigenvalue weighted by Gasteiger charge is 2.54. The summed E-state index contributed by atoms with van der Waals surface area (Å²) in [7, 11) is 1.57. The smallest absolute Gasteiger partial charge is 0.332 e. The fourth-order valence-electron chi connectivity index (χ4n) is 2.87. The lowest BCUT2D eigenvalue weighted by Gasteiger charge is -2.44. The summed E-state index contributed by atoms with van der Waals surface area (Å²) in [5, 5.41) is 0. The van der Waals surface area contributed by atoms with Crippen molar-refractivity contribution in [2.24, 2.45) is 0 Å². The van der Waals surface area contributed by atoms with Crippen molar-refractivity contribution in [2.75, 3.05) is 18.6 Å². The molecule has 0 aromatic heterocycles. The summed E-state index contributed by atoms with van der Waals surface area (Å²) >= 11 is 0. The molecule has 2 unspecified atom stereocenters. The number of methoxy groups -OCH3 is 1. The molecule has 2 aromatic rings. The van der Waals surface area contributed by atoms with E-state index < -0.39 is 18.1 Å². The molecule has 0 spiro atoms. The van der Waals surface area contributed by atoms with Gasteiger partial charge in [-0.25, -0.2) is 4.79 Å². The second kappa shape index (κ2) is 8.01. The van der Waals surface area contributed by atoms with E-state index in [1.54, 1.807) is 38.3 Å². The van der Waals surface area contributed by atoms with Crippen molar-refractivity contribution in [2.45, 2.75) is 25.7 Å². The number of esters is 1. The molecular weight excluding hydrogens is 334 g/mol. The van der Waals surface area contributed by atoms with Crippen LogP contribution >= 0.6 is 0 Å². The molecule has 1 amide bonds. The summed E-state index contributed by atoms with van der Waals surface area (Å²) in [5.41, 5.74) is 1.54. The number of anilines is 1. The molecule has 6 heteroatoms. The molecule has 0 N–H and O–H groups in total. The fraction of sp³-hybridized carbons (Fsp3) is 0.300. The average Bonchev–Trinajstić information content (AvgIpc) is 2.67. The molecule has 0 saturated carbocycles. The maximum absolute atomic E-state index is 12.6. The number of nitrogens with zero attached hydrogens (tertiary/aromatic N) is 1. The lowest BCUT2D eigenvalue weighted by Crippen LogP contribution is -2.69. The van der Waals surface area contributed by atoms with E-state index in [1.807, 2.05) is 30.3 Å². The van der Waals surface area contributed by atoms with Crippen LogP contribution in [0.3, 0.4) is 0 Å². The zero-order chi connectivity index (χ0) is 18.5. The number of amides is 1. The molecule has 6 nitrogen and oxygen atoms in total. The van der Waals surface area contributed by atoms with Gasteiger partial charge in [-0.1, -0.05) is 30.3 Å². The SMILES string of the molecule is CCOC(=O)C1C(OCc2ccccc2)C(=O)N1c1ccc(OC)cc1. The summed E-state index contributed by atoms with van der Waals surface area (Å²) in [6.07, 6.45) is -0.851. The van der Waals surface area contributed by atoms with E-state index in [0.717, 1.165) is 5.56 Å². The third kappa shape index (κ3) is 3.55. The summed E-state index contributed by atoms with van der Waals surface area (Å²) in [6, 6.07) is 15.7. The van der Waals surface area contributed by atoms with E-state index in [-0.39, 0.29) is 19.1 Å². The highest BCUT2D eigenvalue weighted by atomic mass is 16.5. The lowest BCUT2D eigenvalue weighted by atomic mass is 9.96. The molecular formula is C20H21NO5. The van der Waals surface area contributed by atoms with Crippen molar-refractivity contribution < 1.29 is 23.8 Å². The molecule has 2 atom stereocenters. The first-order valence-corrected chi connectivity index (χ1v) is 8.45. The Morgan fingerprint density at radius 2 is 1.77 bits per heavy atom. The monoisotopic (exact) mass is 355 g/mol. The zero-order valence-electron chi connectivity index (χ0n) is 14.8. The van der Waals surface area contributed by atoms with Gasteiger partial charge in [-0.15, -0.1) is 0 Å². The number of ether oxygens (including phenoxy) is 3. The zero-order valence-corrected chi connectivity index (χ0v) is 14.8. The predicted octanol–water partition coefficient (Wildman–Crippen LogP) is 2.56. The molecule has 3 rings (SSSR count). The predicted molar refractivity (Wildman–Crippen MR) is 95.9 cm³/mol. The van der Waals surface area contributed by atoms with Gasteiger partial charge >= 0.3 is 5.97 Å². The van der Waals surface area contributed by atoms with Crippen molar-refractivity contribution in [3.05, 3.63) is 60.2 Å². The largest absolute Gasteiger partial charge is 0.497 e. The van der Waals surface area contributed by atoms with E-state index in [9.17, 15) is 9.59 Å². The van der Waals surface area contributed by atoms with Gasteiger partial charge in [-0.05, 0) is 36.8 Å². The standard InChI is InChI=1S/C20H21NO5/c1-3-25-20(23)17-18(26-13-14-7-5-4-6-8-14)19(22)21(17)15-9-11-16(24-2)12-10-15/h4-12,17-18H,3,13H2,1-2H3. The van der Waals surface area contributed by atoms with Gasteiger partial charge in [0.1, 0.15) is 5.75 Å². The van der Waals surface area contributed by atoms with Gasteiger partial charge in [0.15, 0.2) is 12.1 Å². The Morgan fingerprint density at radius 3 is 2.38 bits per heavy atom. The highest BCUT2D eigenvalue weighted by molar-refractivity contribution is 6.12. The quantitative estimate of drug-likeness (QED) is 0.564. The summed E-state index contributed by atoms with van der Waals surface area (Å²) in [5.74, 6) is -0.0589. The Hall–Kier alpha value is -2.86. The Balaban J connectivity index is 1.76. The van der Waals surface area contributed by atoms with Crippen molar-refractivity contribution in [1.29, 1.82) is 0 Å². The number of hydrogen-bond acceptors (Lipinski definition) is 5. The van der Waals surface area contributed by atoms with Crippen LogP contribution in [-0.2, 0) is 25.7 Å². The van der Waals surface area contributed by atoms with Crippen LogP contribution in [0.15, 0.2) is 54.6 Å². The maximum Gasteiger partial charge on any atom is 0.332 e. The molecule has 0 radical (unpaired) electrons. The normalized spacial score (nSPS) is 19.0. The molecule has 1 heterocycles.